The van der Waals surface area contributed by atoms with Gasteiger partial charge in [-0.3, -0.25) is 0 Å². The molecule has 2 aromatic rings. The molecule has 0 atom stereocenters. The van der Waals surface area contributed by atoms with Crippen molar-refractivity contribution in [2.24, 2.45) is 5.73 Å². The van der Waals surface area contributed by atoms with Crippen LogP contribution in [-0.4, -0.2) is 6.67 Å². The summed E-state index contributed by atoms with van der Waals surface area (Å²) in [5.41, 5.74) is 11.0. The van der Waals surface area contributed by atoms with Gasteiger partial charge in [0.05, 0.1) is 6.67 Å². The maximum atomic E-state index is 5.93. The first-order valence-corrected chi connectivity index (χ1v) is 6.21. The number of anilines is 1. The summed E-state index contributed by atoms with van der Waals surface area (Å²) >= 11 is 0. The Balaban J connectivity index is 0.000001000. The van der Waals surface area contributed by atoms with E-state index < -0.39 is 0 Å². The second-order valence-corrected chi connectivity index (χ2v) is 4.40. The summed E-state index contributed by atoms with van der Waals surface area (Å²) in [7, 11) is 0. The predicted octanol–water partition coefficient (Wildman–Crippen LogP) is 0.123. The molecule has 2 aromatic carbocycles. The van der Waals surface area contributed by atoms with Crippen molar-refractivity contribution < 1.29 is 20.3 Å². The van der Waals surface area contributed by atoms with Crippen LogP contribution < -0.4 is 29.5 Å². The zero-order valence-electron chi connectivity index (χ0n) is 12.2. The molecule has 0 spiro atoms. The van der Waals surface area contributed by atoms with Gasteiger partial charge in [0.2, 0.25) is 0 Å². The zero-order chi connectivity index (χ0) is 12.4. The standard InChI is InChI=1S/C16H16N2.Li.H/c17-12-18(14-7-2-1-3-8-14)16-11-10-13-6-4-5-9-15(13)16;;/h1-9,11H,10,12,17H2;;/q;+1;-1. The van der Waals surface area contributed by atoms with Crippen LogP contribution in [0.1, 0.15) is 12.6 Å². The minimum atomic E-state index is 0. The molecule has 19 heavy (non-hydrogen) atoms. The van der Waals surface area contributed by atoms with Crippen LogP contribution in [0.2, 0.25) is 0 Å². The fourth-order valence-electron chi connectivity index (χ4n) is 2.47. The fourth-order valence-corrected chi connectivity index (χ4v) is 2.47. The Morgan fingerprint density at radius 3 is 2.42 bits per heavy atom. The molecular weight excluding hydrogens is 227 g/mol. The minimum absolute atomic E-state index is 0. The van der Waals surface area contributed by atoms with Gasteiger partial charge in [0.1, 0.15) is 0 Å². The molecule has 1 aliphatic rings. The van der Waals surface area contributed by atoms with Gasteiger partial charge in [0.25, 0.3) is 0 Å². The van der Waals surface area contributed by atoms with E-state index in [0.717, 1.165) is 12.1 Å². The van der Waals surface area contributed by atoms with Crippen molar-refractivity contribution in [2.45, 2.75) is 6.42 Å². The zero-order valence-corrected chi connectivity index (χ0v) is 11.2. The molecule has 0 amide bonds. The van der Waals surface area contributed by atoms with E-state index in [9.17, 15) is 0 Å². The van der Waals surface area contributed by atoms with E-state index in [-0.39, 0.29) is 20.3 Å². The van der Waals surface area contributed by atoms with Crippen molar-refractivity contribution in [3.8, 4) is 0 Å². The molecule has 3 heteroatoms. The minimum Gasteiger partial charge on any atom is -1.00 e. The molecule has 92 valence electrons. The largest absolute Gasteiger partial charge is 1.00 e. The summed E-state index contributed by atoms with van der Waals surface area (Å²) in [4.78, 5) is 2.16. The third-order valence-electron chi connectivity index (χ3n) is 3.35. The van der Waals surface area contributed by atoms with Gasteiger partial charge >= 0.3 is 18.9 Å². The van der Waals surface area contributed by atoms with Gasteiger partial charge in [-0.05, 0) is 24.1 Å². The number of hydrogen-bond donors (Lipinski definition) is 1. The third-order valence-corrected chi connectivity index (χ3v) is 3.35. The van der Waals surface area contributed by atoms with Gasteiger partial charge in [0, 0.05) is 16.9 Å². The average Bonchev–Trinajstić information content (AvgIpc) is 2.85. The van der Waals surface area contributed by atoms with Crippen LogP contribution in [0.25, 0.3) is 5.70 Å². The van der Waals surface area contributed by atoms with E-state index in [1.54, 1.807) is 0 Å². The number of nitrogens with zero attached hydrogens (tertiary/aromatic N) is 1. The van der Waals surface area contributed by atoms with Crippen molar-refractivity contribution in [3.05, 3.63) is 71.8 Å². The first-order valence-electron chi connectivity index (χ1n) is 6.21. The Labute approximate surface area is 127 Å². The van der Waals surface area contributed by atoms with Gasteiger partial charge in [-0.25, -0.2) is 0 Å². The number of nitrogens with two attached hydrogens (primary N) is 1. The maximum Gasteiger partial charge on any atom is 1.00 e. The number of para-hydroxylation sites is 1. The van der Waals surface area contributed by atoms with Gasteiger partial charge in [-0.2, -0.15) is 0 Å². The Bertz CT molecular complexity index is 584. The maximum absolute atomic E-state index is 5.93. The summed E-state index contributed by atoms with van der Waals surface area (Å²) in [6.07, 6.45) is 3.25. The predicted molar refractivity (Wildman–Crippen MR) is 77.2 cm³/mol. The van der Waals surface area contributed by atoms with E-state index in [1.165, 1.54) is 16.8 Å². The summed E-state index contributed by atoms with van der Waals surface area (Å²) in [5.74, 6) is 0. The Hall–Kier alpha value is -1.46. The average molecular weight is 244 g/mol. The topological polar surface area (TPSA) is 29.3 Å². The van der Waals surface area contributed by atoms with Crippen LogP contribution in [-0.2, 0) is 6.42 Å². The van der Waals surface area contributed by atoms with E-state index >= 15 is 0 Å². The van der Waals surface area contributed by atoms with Crippen LogP contribution >= 0.6 is 0 Å². The Morgan fingerprint density at radius 1 is 1.00 bits per heavy atom. The van der Waals surface area contributed by atoms with E-state index in [2.05, 4.69) is 47.4 Å². The van der Waals surface area contributed by atoms with E-state index in [4.69, 9.17) is 5.73 Å². The van der Waals surface area contributed by atoms with Gasteiger partial charge in [0.15, 0.2) is 0 Å². The molecule has 0 heterocycles. The Morgan fingerprint density at radius 2 is 1.68 bits per heavy atom. The van der Waals surface area contributed by atoms with Crippen molar-refractivity contribution in [1.29, 1.82) is 0 Å². The van der Waals surface area contributed by atoms with Crippen molar-refractivity contribution in [3.63, 3.8) is 0 Å². The number of hydrogen-bond acceptors (Lipinski definition) is 2. The van der Waals surface area contributed by atoms with Crippen LogP contribution in [0.15, 0.2) is 60.7 Å². The number of fused-ring (bicyclic) bond motifs is 1. The van der Waals surface area contributed by atoms with Gasteiger partial charge in [-0.1, -0.05) is 48.5 Å². The van der Waals surface area contributed by atoms with Crippen LogP contribution in [0.4, 0.5) is 5.69 Å². The molecule has 2 N–H and O–H groups in total. The summed E-state index contributed by atoms with van der Waals surface area (Å²) in [5, 5.41) is 0. The summed E-state index contributed by atoms with van der Waals surface area (Å²) in [6.45, 7) is 0.490. The molecule has 0 radical (unpaired) electrons. The van der Waals surface area contributed by atoms with Crippen molar-refractivity contribution >= 4 is 11.4 Å². The third kappa shape index (κ3) is 2.62. The summed E-state index contributed by atoms with van der Waals surface area (Å²) < 4.78 is 0. The van der Waals surface area contributed by atoms with Crippen molar-refractivity contribution in [1.82, 2.24) is 0 Å². The first-order chi connectivity index (χ1) is 8.90. The van der Waals surface area contributed by atoms with Crippen LogP contribution in [0, 0.1) is 0 Å². The van der Waals surface area contributed by atoms with Gasteiger partial charge < -0.3 is 12.1 Å². The molecule has 2 nitrogen and oxygen atoms in total. The second-order valence-electron chi connectivity index (χ2n) is 4.40. The molecule has 0 fully saturated rings. The molecule has 3 rings (SSSR count). The number of rotatable bonds is 3. The molecule has 0 saturated carbocycles. The normalized spacial score (nSPS) is 12.4. The molecule has 0 bridgehead atoms. The molecule has 0 unspecified atom stereocenters. The Kier molecular flexibility index (Phi) is 4.50. The van der Waals surface area contributed by atoms with Crippen molar-refractivity contribution in [2.75, 3.05) is 11.6 Å². The fraction of sp³-hybridized carbons (Fsp3) is 0.125. The molecular formula is C16H17LiN2. The smallest absolute Gasteiger partial charge is 1.00 e. The number of benzene rings is 2. The van der Waals surface area contributed by atoms with Crippen LogP contribution in [0.5, 0.6) is 0 Å². The van der Waals surface area contributed by atoms with Crippen LogP contribution in [0.3, 0.4) is 0 Å². The molecule has 1 aliphatic carbocycles. The summed E-state index contributed by atoms with van der Waals surface area (Å²) in [6, 6.07) is 18.8. The second kappa shape index (κ2) is 6.12. The monoisotopic (exact) mass is 244 g/mol. The molecule has 0 aliphatic heterocycles. The molecule has 0 aromatic heterocycles. The van der Waals surface area contributed by atoms with Gasteiger partial charge in [-0.15, -0.1) is 0 Å². The number of allylic oxidation sites excluding steroid dienone is 1. The van der Waals surface area contributed by atoms with E-state index in [1.807, 2.05) is 18.2 Å². The van der Waals surface area contributed by atoms with E-state index in [0.29, 0.717) is 6.67 Å². The molecule has 0 saturated heterocycles. The quantitative estimate of drug-likeness (QED) is 0.614. The SMILES string of the molecule is NCN(C1=CCc2ccccc21)c1ccccc1.[H-].[Li+]. The first kappa shape index (κ1) is 14.0.